The van der Waals surface area contributed by atoms with Crippen LogP contribution in [0, 0.1) is 0 Å². The summed E-state index contributed by atoms with van der Waals surface area (Å²) >= 11 is 0. The van der Waals surface area contributed by atoms with Gasteiger partial charge in [-0.2, -0.15) is 0 Å². The molecule has 248 valence electrons. The average Bonchev–Trinajstić information content (AvgIpc) is 3.53. The summed E-state index contributed by atoms with van der Waals surface area (Å²) in [6.45, 7) is 0.942. The van der Waals surface area contributed by atoms with Crippen molar-refractivity contribution in [2.75, 3.05) is 26.9 Å². The van der Waals surface area contributed by atoms with E-state index < -0.39 is 6.10 Å². The summed E-state index contributed by atoms with van der Waals surface area (Å²) in [5, 5.41) is 24.9. The van der Waals surface area contributed by atoms with Gasteiger partial charge in [-0.15, -0.1) is 0 Å². The number of H-pyrrole nitrogens is 1. The van der Waals surface area contributed by atoms with Crippen molar-refractivity contribution in [3.05, 3.63) is 139 Å². The van der Waals surface area contributed by atoms with Crippen LogP contribution in [-0.4, -0.2) is 64.1 Å². The third kappa shape index (κ3) is 7.37. The smallest absolute Gasteiger partial charge is 0.138 e. The highest BCUT2D eigenvalue weighted by atomic mass is 16.5. The number of ether oxygens (including phenoxy) is 3. The van der Waals surface area contributed by atoms with Gasteiger partial charge in [0, 0.05) is 53.1 Å². The third-order valence-electron chi connectivity index (χ3n) is 8.86. The zero-order valence-electron chi connectivity index (χ0n) is 27.3. The van der Waals surface area contributed by atoms with Crippen LogP contribution in [0.25, 0.3) is 32.7 Å². The molecule has 0 aliphatic carbocycles. The number of aromatic nitrogens is 2. The Labute approximate surface area is 285 Å². The molecule has 5 aromatic carbocycles. The maximum atomic E-state index is 11.3. The summed E-state index contributed by atoms with van der Waals surface area (Å²) in [7, 11) is 1.63. The number of aliphatic hydroxyl groups is 2. The summed E-state index contributed by atoms with van der Waals surface area (Å²) in [6, 6.07) is 39.4. The maximum Gasteiger partial charge on any atom is 0.138 e. The van der Waals surface area contributed by atoms with Gasteiger partial charge < -0.3 is 29.4 Å². The molecule has 2 aromatic heterocycles. The molecule has 0 radical (unpaired) electrons. The normalized spacial score (nSPS) is 12.8. The first-order valence-electron chi connectivity index (χ1n) is 16.5. The molecule has 0 saturated heterocycles. The number of nitrogens with one attached hydrogen (secondary N) is 1. The minimum atomic E-state index is -0.788. The van der Waals surface area contributed by atoms with Crippen molar-refractivity contribution in [2.24, 2.45) is 0 Å². The van der Waals surface area contributed by atoms with Crippen molar-refractivity contribution < 1.29 is 24.4 Å². The number of fused-ring (bicyclic) bond motifs is 4. The Hall–Kier alpha value is -5.41. The summed E-state index contributed by atoms with van der Waals surface area (Å²) in [5.74, 6) is 2.87. The highest BCUT2D eigenvalue weighted by Crippen LogP contribution is 2.34. The lowest BCUT2D eigenvalue weighted by molar-refractivity contribution is 0.0339. The number of pyridine rings is 1. The summed E-state index contributed by atoms with van der Waals surface area (Å²) < 4.78 is 17.8. The van der Waals surface area contributed by atoms with Crippen LogP contribution >= 0.6 is 0 Å². The van der Waals surface area contributed by atoms with E-state index in [2.05, 4.69) is 33.1 Å². The van der Waals surface area contributed by atoms with Crippen molar-refractivity contribution in [3.8, 4) is 23.0 Å². The van der Waals surface area contributed by atoms with E-state index >= 15 is 0 Å². The molecule has 8 nitrogen and oxygen atoms in total. The Kier molecular flexibility index (Phi) is 9.70. The van der Waals surface area contributed by atoms with E-state index in [1.165, 1.54) is 0 Å². The Bertz CT molecular complexity index is 2150. The average molecular weight is 654 g/mol. The van der Waals surface area contributed by atoms with E-state index in [1.54, 1.807) is 13.3 Å². The predicted molar refractivity (Wildman–Crippen MR) is 194 cm³/mol. The highest BCUT2D eigenvalue weighted by Gasteiger charge is 2.23. The van der Waals surface area contributed by atoms with E-state index in [-0.39, 0.29) is 19.3 Å². The lowest BCUT2D eigenvalue weighted by Gasteiger charge is -2.32. The quantitative estimate of drug-likeness (QED) is 0.112. The molecule has 0 fully saturated rings. The topological polar surface area (TPSA) is 100 Å². The maximum absolute atomic E-state index is 11.3. The van der Waals surface area contributed by atoms with Crippen LogP contribution in [0.4, 0.5) is 0 Å². The van der Waals surface area contributed by atoms with Crippen LogP contribution in [0.1, 0.15) is 11.1 Å². The Morgan fingerprint density at radius 1 is 0.755 bits per heavy atom. The van der Waals surface area contributed by atoms with Gasteiger partial charge in [0.1, 0.15) is 35.7 Å². The second-order valence-corrected chi connectivity index (χ2v) is 12.2. The Morgan fingerprint density at radius 3 is 2.35 bits per heavy atom. The second kappa shape index (κ2) is 14.8. The zero-order valence-corrected chi connectivity index (χ0v) is 27.3. The number of aliphatic hydroxyl groups excluding tert-OH is 2. The fourth-order valence-electron chi connectivity index (χ4n) is 6.38. The van der Waals surface area contributed by atoms with E-state index in [9.17, 15) is 10.2 Å². The first kappa shape index (κ1) is 32.2. The number of nitrogens with zero attached hydrogens (tertiary/aromatic N) is 2. The standard InChI is InChI=1S/C41H39N3O5/c1-47-33-18-19-34-38(23-33)42-21-20-39(34)49-32-16-14-28(15-17-32)22-30(26-45)44(24-29-8-3-2-4-9-29)25-31(46)27-48-40-13-7-12-37-41(40)35-10-5-6-11-36(35)43-37/h2-21,23,30-31,43,45-46H,22,24-27H2,1H3/t30-,31-/m0/s1. The van der Waals surface area contributed by atoms with Crippen LogP contribution < -0.4 is 14.2 Å². The van der Waals surface area contributed by atoms with Crippen LogP contribution in [0.15, 0.2) is 128 Å². The van der Waals surface area contributed by atoms with Gasteiger partial charge in [-0.25, -0.2) is 0 Å². The van der Waals surface area contributed by atoms with Crippen molar-refractivity contribution in [2.45, 2.75) is 25.1 Å². The molecule has 0 bridgehead atoms. The molecule has 0 unspecified atom stereocenters. The summed E-state index contributed by atoms with van der Waals surface area (Å²) in [6.07, 6.45) is 1.52. The number of aromatic amines is 1. The van der Waals surface area contributed by atoms with Crippen LogP contribution in [0.2, 0.25) is 0 Å². The summed E-state index contributed by atoms with van der Waals surface area (Å²) in [5.41, 5.74) is 4.97. The first-order valence-corrected chi connectivity index (χ1v) is 16.5. The Balaban J connectivity index is 1.05. The summed E-state index contributed by atoms with van der Waals surface area (Å²) in [4.78, 5) is 10.0. The molecule has 0 aliphatic rings. The molecule has 8 heteroatoms. The minimum Gasteiger partial charge on any atom is -0.497 e. The van der Waals surface area contributed by atoms with Gasteiger partial charge in [-0.3, -0.25) is 9.88 Å². The molecule has 0 aliphatic heterocycles. The molecular weight excluding hydrogens is 614 g/mol. The number of hydrogen-bond donors (Lipinski definition) is 3. The van der Waals surface area contributed by atoms with Gasteiger partial charge in [0.15, 0.2) is 0 Å². The molecule has 7 rings (SSSR count). The molecule has 7 aromatic rings. The van der Waals surface area contributed by atoms with Crippen molar-refractivity contribution >= 4 is 32.7 Å². The van der Waals surface area contributed by atoms with Crippen LogP contribution in [0.5, 0.6) is 23.0 Å². The van der Waals surface area contributed by atoms with Crippen molar-refractivity contribution in [1.82, 2.24) is 14.9 Å². The SMILES string of the molecule is COc1ccc2c(Oc3ccc(C[C@@H](CO)N(Cc4ccccc4)C[C@H](O)COc4cccc5[nH]c6ccccc6c45)cc3)ccnc2c1. The minimum absolute atomic E-state index is 0.0697. The molecule has 3 N–H and O–H groups in total. The van der Waals surface area contributed by atoms with Gasteiger partial charge in [-0.1, -0.05) is 66.7 Å². The van der Waals surface area contributed by atoms with Crippen molar-refractivity contribution in [1.29, 1.82) is 0 Å². The fourth-order valence-corrected chi connectivity index (χ4v) is 6.38. The lowest BCUT2D eigenvalue weighted by atomic mass is 10.0. The third-order valence-corrected chi connectivity index (χ3v) is 8.86. The van der Waals surface area contributed by atoms with Gasteiger partial charge in [-0.05, 0) is 66.1 Å². The predicted octanol–water partition coefficient (Wildman–Crippen LogP) is 7.52. The molecule has 0 spiro atoms. The van der Waals surface area contributed by atoms with Gasteiger partial charge >= 0.3 is 0 Å². The first-order chi connectivity index (χ1) is 24.1. The van der Waals surface area contributed by atoms with E-state index in [0.29, 0.717) is 31.0 Å². The highest BCUT2D eigenvalue weighted by molar-refractivity contribution is 6.10. The number of hydrogen-bond acceptors (Lipinski definition) is 7. The monoisotopic (exact) mass is 653 g/mol. The number of para-hydroxylation sites is 1. The van der Waals surface area contributed by atoms with Gasteiger partial charge in [0.05, 0.1) is 24.8 Å². The molecule has 2 heterocycles. The van der Waals surface area contributed by atoms with Crippen LogP contribution in [0.3, 0.4) is 0 Å². The number of rotatable bonds is 14. The largest absolute Gasteiger partial charge is 0.497 e. The number of benzene rings is 5. The number of methoxy groups -OCH3 is 1. The zero-order chi connectivity index (χ0) is 33.6. The molecular formula is C41H39N3O5. The molecule has 0 saturated carbocycles. The molecule has 49 heavy (non-hydrogen) atoms. The molecule has 0 amide bonds. The van der Waals surface area contributed by atoms with E-state index in [1.807, 2.05) is 103 Å². The van der Waals surface area contributed by atoms with Crippen LogP contribution in [-0.2, 0) is 13.0 Å². The van der Waals surface area contributed by atoms with E-state index in [4.69, 9.17) is 14.2 Å². The second-order valence-electron chi connectivity index (χ2n) is 12.2. The fraction of sp³-hybridized carbons (Fsp3) is 0.195. The molecule has 2 atom stereocenters. The van der Waals surface area contributed by atoms with Gasteiger partial charge in [0.25, 0.3) is 0 Å². The Morgan fingerprint density at radius 2 is 1.53 bits per heavy atom. The lowest BCUT2D eigenvalue weighted by Crippen LogP contribution is -2.44. The van der Waals surface area contributed by atoms with E-state index in [0.717, 1.165) is 55.3 Å². The van der Waals surface area contributed by atoms with Gasteiger partial charge in [0.2, 0.25) is 0 Å². The van der Waals surface area contributed by atoms with Crippen molar-refractivity contribution in [3.63, 3.8) is 0 Å².